The second-order valence-corrected chi connectivity index (χ2v) is 7.90. The molecule has 0 N–H and O–H groups in total. The molecular weight excluding hydrogens is 364 g/mol. The fourth-order valence-electron chi connectivity index (χ4n) is 4.50. The van der Waals surface area contributed by atoms with Crippen LogP contribution in [-0.2, 0) is 0 Å². The molecule has 2 aromatic heterocycles. The summed E-state index contributed by atoms with van der Waals surface area (Å²) in [6.07, 6.45) is 5.27. The van der Waals surface area contributed by atoms with Crippen molar-refractivity contribution in [2.75, 3.05) is 19.6 Å². The fraction of sp³-hybridized carbons (Fsp3) is 0.304. The van der Waals surface area contributed by atoms with E-state index in [1.54, 1.807) is 24.5 Å². The summed E-state index contributed by atoms with van der Waals surface area (Å²) in [7, 11) is 0. The summed E-state index contributed by atoms with van der Waals surface area (Å²) in [5, 5.41) is 0.963. The Labute approximate surface area is 169 Å². The van der Waals surface area contributed by atoms with Crippen LogP contribution >= 0.6 is 0 Å². The third-order valence-electron chi connectivity index (χ3n) is 5.98. The smallest absolute Gasteiger partial charge is 0.272 e. The molecule has 2 bridgehead atoms. The summed E-state index contributed by atoms with van der Waals surface area (Å²) < 4.78 is 0. The number of carbonyl (C=O) groups is 2. The highest BCUT2D eigenvalue weighted by Gasteiger charge is 2.39. The average molecular weight is 386 g/mol. The van der Waals surface area contributed by atoms with Gasteiger partial charge >= 0.3 is 0 Å². The molecule has 0 radical (unpaired) electrons. The van der Waals surface area contributed by atoms with Gasteiger partial charge in [-0.15, -0.1) is 0 Å². The molecule has 0 unspecified atom stereocenters. The highest BCUT2D eigenvalue weighted by atomic mass is 16.2. The van der Waals surface area contributed by atoms with Gasteiger partial charge in [0.25, 0.3) is 11.8 Å². The normalized spacial score (nSPS) is 21.2. The number of amides is 2. The summed E-state index contributed by atoms with van der Waals surface area (Å²) in [5.41, 5.74) is 1.96. The number of nitrogens with zero attached hydrogens (tertiary/aromatic N) is 4. The van der Waals surface area contributed by atoms with Gasteiger partial charge < -0.3 is 9.80 Å². The lowest BCUT2D eigenvalue weighted by molar-refractivity contribution is 0.0573. The SMILES string of the molecule is O=C(c1ccccn1)N1C[C@@H]2CC[C@H](C1)N(C(=O)c1cnc3ccccc3c1)C2. The zero-order chi connectivity index (χ0) is 19.8. The van der Waals surface area contributed by atoms with Crippen molar-refractivity contribution in [3.63, 3.8) is 0 Å². The minimum atomic E-state index is -0.0517. The minimum Gasteiger partial charge on any atom is -0.335 e. The third-order valence-corrected chi connectivity index (χ3v) is 5.98. The van der Waals surface area contributed by atoms with Gasteiger partial charge in [-0.2, -0.15) is 0 Å². The Kier molecular flexibility index (Phi) is 4.46. The molecule has 0 saturated carbocycles. The number of pyridine rings is 2. The molecule has 3 saturated heterocycles. The number of aromatic nitrogens is 2. The second-order valence-electron chi connectivity index (χ2n) is 7.90. The minimum absolute atomic E-state index is 0.00471. The molecule has 2 amide bonds. The van der Waals surface area contributed by atoms with Crippen LogP contribution in [-0.4, -0.2) is 57.3 Å². The summed E-state index contributed by atoms with van der Waals surface area (Å²) in [6, 6.07) is 15.1. The molecule has 6 nitrogen and oxygen atoms in total. The van der Waals surface area contributed by atoms with Gasteiger partial charge in [0.05, 0.1) is 11.1 Å². The van der Waals surface area contributed by atoms with Crippen molar-refractivity contribution in [3.8, 4) is 0 Å². The van der Waals surface area contributed by atoms with E-state index in [0.29, 0.717) is 36.8 Å². The van der Waals surface area contributed by atoms with Crippen LogP contribution < -0.4 is 0 Å². The molecule has 146 valence electrons. The largest absolute Gasteiger partial charge is 0.335 e. The molecule has 3 aliphatic rings. The lowest BCUT2D eigenvalue weighted by atomic mass is 9.94. The van der Waals surface area contributed by atoms with Crippen molar-refractivity contribution in [1.29, 1.82) is 0 Å². The van der Waals surface area contributed by atoms with Crippen LogP contribution in [0.1, 0.15) is 33.7 Å². The van der Waals surface area contributed by atoms with Crippen molar-refractivity contribution in [3.05, 3.63) is 72.2 Å². The molecule has 6 heteroatoms. The summed E-state index contributed by atoms with van der Waals surface area (Å²) in [4.78, 5) is 38.7. The van der Waals surface area contributed by atoms with Gasteiger partial charge in [0, 0.05) is 43.5 Å². The van der Waals surface area contributed by atoms with Gasteiger partial charge in [-0.1, -0.05) is 24.3 Å². The van der Waals surface area contributed by atoms with Crippen LogP contribution in [0.4, 0.5) is 0 Å². The highest BCUT2D eigenvalue weighted by Crippen LogP contribution is 2.30. The Morgan fingerprint density at radius 3 is 2.62 bits per heavy atom. The average Bonchev–Trinajstić information content (AvgIpc) is 3.10. The standard InChI is InChI=1S/C23H22N4O2/c28-22(18-11-17-5-1-2-6-20(17)25-12-18)27-14-16-8-9-19(27)15-26(13-16)23(29)21-7-3-4-10-24-21/h1-7,10-12,16,19H,8-9,13-15H2/t16-,19+/m0/s1. The first-order valence-electron chi connectivity index (χ1n) is 10.0. The van der Waals surface area contributed by atoms with Crippen LogP contribution in [0, 0.1) is 5.92 Å². The number of carbonyl (C=O) groups excluding carboxylic acids is 2. The van der Waals surface area contributed by atoms with Gasteiger partial charge in [-0.05, 0) is 43.0 Å². The van der Waals surface area contributed by atoms with Crippen LogP contribution in [0.25, 0.3) is 10.9 Å². The van der Waals surface area contributed by atoms with E-state index in [9.17, 15) is 9.59 Å². The van der Waals surface area contributed by atoms with Crippen LogP contribution in [0.3, 0.4) is 0 Å². The zero-order valence-electron chi connectivity index (χ0n) is 16.1. The molecular formula is C23H22N4O2. The molecule has 2 atom stereocenters. The van der Waals surface area contributed by atoms with Gasteiger partial charge in [0.15, 0.2) is 0 Å². The quantitative estimate of drug-likeness (QED) is 0.679. The number of rotatable bonds is 2. The molecule has 5 heterocycles. The summed E-state index contributed by atoms with van der Waals surface area (Å²) in [5.74, 6) is 0.244. The molecule has 29 heavy (non-hydrogen) atoms. The van der Waals surface area contributed by atoms with Crippen LogP contribution in [0.2, 0.25) is 0 Å². The summed E-state index contributed by atoms with van der Waals surface area (Å²) in [6.45, 7) is 1.91. The second kappa shape index (κ2) is 7.28. The maximum Gasteiger partial charge on any atom is 0.272 e. The number of hydrogen-bond acceptors (Lipinski definition) is 4. The van der Waals surface area contributed by atoms with Crippen molar-refractivity contribution in [2.45, 2.75) is 18.9 Å². The Morgan fingerprint density at radius 1 is 0.897 bits per heavy atom. The maximum absolute atomic E-state index is 13.3. The Morgan fingerprint density at radius 2 is 1.76 bits per heavy atom. The Balaban J connectivity index is 1.39. The zero-order valence-corrected chi connectivity index (χ0v) is 16.1. The highest BCUT2D eigenvalue weighted by molar-refractivity contribution is 5.97. The van der Waals surface area contributed by atoms with E-state index in [4.69, 9.17) is 0 Å². The first-order chi connectivity index (χ1) is 14.2. The van der Waals surface area contributed by atoms with E-state index >= 15 is 0 Å². The van der Waals surface area contributed by atoms with Crippen LogP contribution in [0.15, 0.2) is 60.9 Å². The Hall–Kier alpha value is -3.28. The first-order valence-corrected chi connectivity index (χ1v) is 10.0. The predicted octanol–water partition coefficient (Wildman–Crippen LogP) is 3.01. The molecule has 0 aliphatic carbocycles. The van der Waals surface area contributed by atoms with E-state index in [-0.39, 0.29) is 17.9 Å². The van der Waals surface area contributed by atoms with Crippen LogP contribution in [0.5, 0.6) is 0 Å². The van der Waals surface area contributed by atoms with Crippen molar-refractivity contribution in [2.24, 2.45) is 5.92 Å². The number of piperidine rings is 1. The third kappa shape index (κ3) is 3.35. The lowest BCUT2D eigenvalue weighted by Crippen LogP contribution is -2.47. The first kappa shape index (κ1) is 17.8. The number of hydrogen-bond donors (Lipinski definition) is 0. The van der Waals surface area contributed by atoms with Gasteiger partial charge in [-0.25, -0.2) is 0 Å². The van der Waals surface area contributed by atoms with E-state index in [1.165, 1.54) is 0 Å². The van der Waals surface area contributed by atoms with Gasteiger partial charge in [-0.3, -0.25) is 19.6 Å². The Bertz CT molecular complexity index is 1070. The summed E-state index contributed by atoms with van der Waals surface area (Å²) >= 11 is 0. The van der Waals surface area contributed by atoms with E-state index in [1.807, 2.05) is 46.2 Å². The van der Waals surface area contributed by atoms with Crippen molar-refractivity contribution in [1.82, 2.24) is 19.8 Å². The molecule has 6 rings (SSSR count). The lowest BCUT2D eigenvalue weighted by Gasteiger charge is -2.36. The molecule has 1 aromatic carbocycles. The molecule has 3 aliphatic heterocycles. The van der Waals surface area contributed by atoms with E-state index < -0.39 is 0 Å². The van der Waals surface area contributed by atoms with Gasteiger partial charge in [0.1, 0.15) is 5.69 Å². The fourth-order valence-corrected chi connectivity index (χ4v) is 4.50. The number of fused-ring (bicyclic) bond motifs is 5. The van der Waals surface area contributed by atoms with Crippen molar-refractivity contribution < 1.29 is 9.59 Å². The molecule has 3 fully saturated rings. The van der Waals surface area contributed by atoms with E-state index in [0.717, 1.165) is 23.7 Å². The van der Waals surface area contributed by atoms with E-state index in [2.05, 4.69) is 9.97 Å². The van der Waals surface area contributed by atoms with Gasteiger partial charge in [0.2, 0.25) is 0 Å². The molecule has 0 spiro atoms. The molecule has 3 aromatic rings. The monoisotopic (exact) mass is 386 g/mol. The van der Waals surface area contributed by atoms with Crippen molar-refractivity contribution >= 4 is 22.7 Å². The number of benzene rings is 1. The maximum atomic E-state index is 13.3. The topological polar surface area (TPSA) is 66.4 Å². The predicted molar refractivity (Wildman–Crippen MR) is 109 cm³/mol. The number of para-hydroxylation sites is 1.